The van der Waals surface area contributed by atoms with Crippen LogP contribution < -0.4 is 0 Å². The molecule has 1 rings (SSSR count). The largest absolute Gasteiger partial charge is 0.462 e. The molecule has 0 spiro atoms. The van der Waals surface area contributed by atoms with Crippen molar-refractivity contribution in [3.8, 4) is 0 Å². The SMILES string of the molecule is CC.CCOC(=O)c1scc(C)c1C. The lowest BCUT2D eigenvalue weighted by Gasteiger charge is -1.99. The normalized spacial score (nSPS) is 8.93. The van der Waals surface area contributed by atoms with E-state index >= 15 is 0 Å². The molecule has 0 radical (unpaired) electrons. The summed E-state index contributed by atoms with van der Waals surface area (Å²) in [6.45, 7) is 10.2. The monoisotopic (exact) mass is 214 g/mol. The first-order valence-electron chi connectivity index (χ1n) is 4.88. The minimum atomic E-state index is -0.201. The predicted molar refractivity (Wildman–Crippen MR) is 61.1 cm³/mol. The molecular weight excluding hydrogens is 196 g/mol. The van der Waals surface area contributed by atoms with Crippen LogP contribution in [0.5, 0.6) is 0 Å². The Morgan fingerprint density at radius 3 is 2.36 bits per heavy atom. The molecule has 1 aromatic heterocycles. The Bertz CT molecular complexity index is 289. The smallest absolute Gasteiger partial charge is 0.348 e. The van der Waals surface area contributed by atoms with E-state index in [0.29, 0.717) is 6.61 Å². The number of esters is 1. The van der Waals surface area contributed by atoms with Crippen LogP contribution >= 0.6 is 11.3 Å². The maximum atomic E-state index is 11.3. The van der Waals surface area contributed by atoms with E-state index in [9.17, 15) is 4.79 Å². The molecule has 0 aliphatic carbocycles. The summed E-state index contributed by atoms with van der Waals surface area (Å²) in [4.78, 5) is 12.0. The minimum Gasteiger partial charge on any atom is -0.462 e. The Balaban J connectivity index is 0.000000791. The third-order valence-corrected chi connectivity index (χ3v) is 2.93. The molecule has 1 heterocycles. The number of rotatable bonds is 2. The highest BCUT2D eigenvalue weighted by molar-refractivity contribution is 7.12. The van der Waals surface area contributed by atoms with Crippen molar-refractivity contribution in [1.29, 1.82) is 0 Å². The first-order chi connectivity index (χ1) is 6.66. The number of carbonyl (C=O) groups excluding carboxylic acids is 1. The fourth-order valence-electron chi connectivity index (χ4n) is 0.901. The summed E-state index contributed by atoms with van der Waals surface area (Å²) in [5.74, 6) is -0.201. The van der Waals surface area contributed by atoms with E-state index in [4.69, 9.17) is 4.74 Å². The molecule has 0 atom stereocenters. The van der Waals surface area contributed by atoms with Gasteiger partial charge in [-0.15, -0.1) is 11.3 Å². The van der Waals surface area contributed by atoms with Gasteiger partial charge in [-0.2, -0.15) is 0 Å². The number of carbonyl (C=O) groups is 1. The summed E-state index contributed by atoms with van der Waals surface area (Å²) in [6, 6.07) is 0. The third-order valence-electron chi connectivity index (χ3n) is 1.75. The van der Waals surface area contributed by atoms with Crippen molar-refractivity contribution in [2.24, 2.45) is 0 Å². The highest BCUT2D eigenvalue weighted by atomic mass is 32.1. The maximum Gasteiger partial charge on any atom is 0.348 e. The predicted octanol–water partition coefficient (Wildman–Crippen LogP) is 3.57. The minimum absolute atomic E-state index is 0.201. The lowest BCUT2D eigenvalue weighted by molar-refractivity contribution is 0.0531. The molecule has 0 aliphatic heterocycles. The van der Waals surface area contributed by atoms with Crippen LogP contribution in [0.25, 0.3) is 0 Å². The Hall–Kier alpha value is -0.830. The van der Waals surface area contributed by atoms with E-state index in [2.05, 4.69) is 0 Å². The molecule has 0 unspecified atom stereocenters. The molecule has 0 N–H and O–H groups in total. The molecule has 0 amide bonds. The molecule has 2 nitrogen and oxygen atoms in total. The van der Waals surface area contributed by atoms with Crippen molar-refractivity contribution in [3.63, 3.8) is 0 Å². The average molecular weight is 214 g/mol. The molecule has 3 heteroatoms. The Morgan fingerprint density at radius 2 is 2.00 bits per heavy atom. The van der Waals surface area contributed by atoms with Gasteiger partial charge in [0, 0.05) is 0 Å². The zero-order valence-electron chi connectivity index (χ0n) is 9.51. The van der Waals surface area contributed by atoms with Gasteiger partial charge in [0.05, 0.1) is 6.61 Å². The van der Waals surface area contributed by atoms with Crippen molar-refractivity contribution in [1.82, 2.24) is 0 Å². The van der Waals surface area contributed by atoms with Crippen molar-refractivity contribution < 1.29 is 9.53 Å². The van der Waals surface area contributed by atoms with Crippen molar-refractivity contribution >= 4 is 17.3 Å². The van der Waals surface area contributed by atoms with Crippen LogP contribution in [0.4, 0.5) is 0 Å². The molecular formula is C11H18O2S. The van der Waals surface area contributed by atoms with Crippen LogP contribution in [0.1, 0.15) is 41.6 Å². The molecule has 0 saturated heterocycles. The maximum absolute atomic E-state index is 11.3. The van der Waals surface area contributed by atoms with Crippen LogP contribution in [0.15, 0.2) is 5.38 Å². The Labute approximate surface area is 89.9 Å². The molecule has 1 aromatic rings. The molecule has 0 bridgehead atoms. The molecule has 14 heavy (non-hydrogen) atoms. The van der Waals surface area contributed by atoms with E-state index in [0.717, 1.165) is 16.0 Å². The van der Waals surface area contributed by atoms with E-state index in [-0.39, 0.29) is 5.97 Å². The molecule has 0 aromatic carbocycles. The van der Waals surface area contributed by atoms with Gasteiger partial charge in [-0.25, -0.2) is 4.79 Å². The zero-order valence-corrected chi connectivity index (χ0v) is 10.3. The Morgan fingerprint density at radius 1 is 1.43 bits per heavy atom. The second kappa shape index (κ2) is 6.60. The van der Waals surface area contributed by atoms with Gasteiger partial charge in [-0.1, -0.05) is 13.8 Å². The summed E-state index contributed by atoms with van der Waals surface area (Å²) in [7, 11) is 0. The number of aryl methyl sites for hydroxylation is 1. The second-order valence-electron chi connectivity index (χ2n) is 2.59. The summed E-state index contributed by atoms with van der Waals surface area (Å²) in [5, 5.41) is 1.97. The molecule has 0 saturated carbocycles. The fourth-order valence-corrected chi connectivity index (χ4v) is 1.87. The van der Waals surface area contributed by atoms with E-state index < -0.39 is 0 Å². The van der Waals surface area contributed by atoms with Crippen molar-refractivity contribution in [2.45, 2.75) is 34.6 Å². The first kappa shape index (κ1) is 13.2. The van der Waals surface area contributed by atoms with Crippen LogP contribution in [0.2, 0.25) is 0 Å². The standard InChI is InChI=1S/C9H12O2S.C2H6/c1-4-11-9(10)8-7(3)6(2)5-12-8;1-2/h5H,4H2,1-3H3;1-2H3. The zero-order chi connectivity index (χ0) is 11.1. The lowest BCUT2D eigenvalue weighted by Crippen LogP contribution is -2.03. The van der Waals surface area contributed by atoms with Gasteiger partial charge in [-0.05, 0) is 37.3 Å². The van der Waals surface area contributed by atoms with E-state index in [1.807, 2.05) is 40.0 Å². The summed E-state index contributed by atoms with van der Waals surface area (Å²) >= 11 is 1.45. The molecule has 80 valence electrons. The summed E-state index contributed by atoms with van der Waals surface area (Å²) in [6.07, 6.45) is 0. The van der Waals surface area contributed by atoms with Gasteiger partial charge in [0.2, 0.25) is 0 Å². The van der Waals surface area contributed by atoms with Crippen LogP contribution in [0, 0.1) is 13.8 Å². The highest BCUT2D eigenvalue weighted by Gasteiger charge is 2.12. The second-order valence-corrected chi connectivity index (χ2v) is 3.47. The Kier molecular flexibility index (Phi) is 6.21. The third kappa shape index (κ3) is 3.14. The molecule has 0 fully saturated rings. The van der Waals surface area contributed by atoms with Crippen LogP contribution in [-0.4, -0.2) is 12.6 Å². The number of ether oxygens (including phenoxy) is 1. The van der Waals surface area contributed by atoms with Gasteiger partial charge >= 0.3 is 5.97 Å². The van der Waals surface area contributed by atoms with E-state index in [1.165, 1.54) is 11.3 Å². The highest BCUT2D eigenvalue weighted by Crippen LogP contribution is 2.21. The fraction of sp³-hybridized carbons (Fsp3) is 0.545. The van der Waals surface area contributed by atoms with Crippen molar-refractivity contribution in [2.75, 3.05) is 6.61 Å². The van der Waals surface area contributed by atoms with Crippen LogP contribution in [-0.2, 0) is 4.74 Å². The van der Waals surface area contributed by atoms with E-state index in [1.54, 1.807) is 0 Å². The number of hydrogen-bond acceptors (Lipinski definition) is 3. The van der Waals surface area contributed by atoms with Gasteiger partial charge in [-0.3, -0.25) is 0 Å². The van der Waals surface area contributed by atoms with Crippen LogP contribution in [0.3, 0.4) is 0 Å². The summed E-state index contributed by atoms with van der Waals surface area (Å²) < 4.78 is 4.89. The van der Waals surface area contributed by atoms with Gasteiger partial charge < -0.3 is 4.74 Å². The number of thiophene rings is 1. The summed E-state index contributed by atoms with van der Waals surface area (Å²) in [5.41, 5.74) is 2.20. The molecule has 0 aliphatic rings. The van der Waals surface area contributed by atoms with Gasteiger partial charge in [0.15, 0.2) is 0 Å². The first-order valence-corrected chi connectivity index (χ1v) is 5.76. The lowest BCUT2D eigenvalue weighted by atomic mass is 10.2. The van der Waals surface area contributed by atoms with Gasteiger partial charge in [0.1, 0.15) is 4.88 Å². The quantitative estimate of drug-likeness (QED) is 0.703. The average Bonchev–Trinajstić information content (AvgIpc) is 2.51. The number of hydrogen-bond donors (Lipinski definition) is 0. The van der Waals surface area contributed by atoms with Gasteiger partial charge in [0.25, 0.3) is 0 Å². The van der Waals surface area contributed by atoms with Crippen molar-refractivity contribution in [3.05, 3.63) is 21.4 Å². The topological polar surface area (TPSA) is 26.3 Å².